The SMILES string of the molecule is CCn1cncc1Cn1c(CN2CCC(Oc3cccc(COc4ccc(C#N)cc4F)c3)CC2)nc2ccc(C3C#CC3C(=O)O)cc21. The van der Waals surface area contributed by atoms with Crippen LogP contribution in [0, 0.1) is 34.9 Å². The number of fused-ring (bicyclic) bond motifs is 1. The summed E-state index contributed by atoms with van der Waals surface area (Å²) < 4.78 is 30.6. The van der Waals surface area contributed by atoms with Crippen LogP contribution in [0.25, 0.3) is 11.0 Å². The molecule has 0 amide bonds. The molecule has 2 atom stereocenters. The number of carboxylic acid groups (broad SMARTS) is 1. The number of aliphatic carboxylic acids is 1. The number of nitrogens with zero attached hydrogens (tertiary/aromatic N) is 6. The number of carboxylic acids is 1. The fourth-order valence-corrected chi connectivity index (χ4v) is 6.47. The molecule has 2 aromatic heterocycles. The number of hydrogen-bond donors (Lipinski definition) is 1. The second kappa shape index (κ2) is 13.8. The van der Waals surface area contributed by atoms with E-state index in [0.717, 1.165) is 71.9 Å². The number of likely N-dealkylation sites (tertiary alicyclic amines) is 1. The summed E-state index contributed by atoms with van der Waals surface area (Å²) in [6.07, 6.45) is 5.47. The third-order valence-electron chi connectivity index (χ3n) is 9.22. The lowest BCUT2D eigenvalue weighted by Gasteiger charge is -2.32. The van der Waals surface area contributed by atoms with Gasteiger partial charge >= 0.3 is 5.97 Å². The van der Waals surface area contributed by atoms with Crippen LogP contribution in [0.4, 0.5) is 4.39 Å². The number of aryl methyl sites for hydroxylation is 1. The van der Waals surface area contributed by atoms with E-state index in [1.165, 1.54) is 18.2 Å². The molecule has 0 saturated carbocycles. The van der Waals surface area contributed by atoms with E-state index < -0.39 is 17.7 Å². The molecule has 5 aromatic rings. The average Bonchev–Trinajstić information content (AvgIpc) is 3.68. The van der Waals surface area contributed by atoms with Crippen molar-refractivity contribution in [2.24, 2.45) is 5.92 Å². The molecular weight excluding hydrogens is 623 g/mol. The van der Waals surface area contributed by atoms with E-state index in [1.807, 2.05) is 61.1 Å². The van der Waals surface area contributed by atoms with Crippen LogP contribution >= 0.6 is 0 Å². The first-order chi connectivity index (χ1) is 23.9. The molecule has 3 aromatic carbocycles. The van der Waals surface area contributed by atoms with E-state index >= 15 is 0 Å². The minimum atomic E-state index is -0.893. The Hall–Kier alpha value is -5.65. The summed E-state index contributed by atoms with van der Waals surface area (Å²) in [5, 5.41) is 18.5. The number of halogens is 1. The molecule has 0 radical (unpaired) electrons. The van der Waals surface area contributed by atoms with Crippen molar-refractivity contribution >= 4 is 17.0 Å². The summed E-state index contributed by atoms with van der Waals surface area (Å²) in [4.78, 5) is 23.5. The number of rotatable bonds is 12. The van der Waals surface area contributed by atoms with Crippen LogP contribution in [0.5, 0.6) is 11.5 Å². The molecule has 1 fully saturated rings. The first-order valence-corrected chi connectivity index (χ1v) is 16.4. The number of carbonyl (C=O) groups is 1. The number of aromatic nitrogens is 4. The van der Waals surface area contributed by atoms with Crippen LogP contribution in [-0.4, -0.2) is 54.3 Å². The summed E-state index contributed by atoms with van der Waals surface area (Å²) in [6, 6.07) is 19.7. The Labute approximate surface area is 283 Å². The molecule has 7 rings (SSSR count). The molecule has 10 nitrogen and oxygen atoms in total. The summed E-state index contributed by atoms with van der Waals surface area (Å²) in [7, 11) is 0. The van der Waals surface area contributed by atoms with Crippen molar-refractivity contribution in [3.05, 3.63) is 107 Å². The quantitative estimate of drug-likeness (QED) is 0.169. The van der Waals surface area contributed by atoms with Crippen molar-refractivity contribution in [2.45, 2.75) is 58.0 Å². The fraction of sp³-hybridized carbons (Fsp3) is 0.316. The first-order valence-electron chi connectivity index (χ1n) is 16.4. The molecule has 3 heterocycles. The molecule has 1 saturated heterocycles. The second-order valence-corrected chi connectivity index (χ2v) is 12.4. The van der Waals surface area contributed by atoms with E-state index in [2.05, 4.69) is 37.8 Å². The average molecular weight is 659 g/mol. The highest BCUT2D eigenvalue weighted by atomic mass is 19.1. The summed E-state index contributed by atoms with van der Waals surface area (Å²) in [5.41, 5.74) is 4.89. The van der Waals surface area contributed by atoms with Gasteiger partial charge in [0.25, 0.3) is 0 Å². The van der Waals surface area contributed by atoms with Gasteiger partial charge in [-0.25, -0.2) is 14.4 Å². The minimum absolute atomic E-state index is 0.0504. The normalized spacial score (nSPS) is 17.6. The maximum Gasteiger partial charge on any atom is 0.320 e. The predicted octanol–water partition coefficient (Wildman–Crippen LogP) is 5.74. The number of benzene rings is 3. The Morgan fingerprint density at radius 1 is 1.10 bits per heavy atom. The van der Waals surface area contributed by atoms with Crippen molar-refractivity contribution in [1.29, 1.82) is 5.26 Å². The molecule has 1 N–H and O–H groups in total. The van der Waals surface area contributed by atoms with Crippen LogP contribution in [0.2, 0.25) is 0 Å². The third kappa shape index (κ3) is 6.85. The summed E-state index contributed by atoms with van der Waals surface area (Å²) in [6.45, 7) is 6.01. The van der Waals surface area contributed by atoms with Gasteiger partial charge in [0.15, 0.2) is 11.6 Å². The molecule has 1 aliphatic carbocycles. The van der Waals surface area contributed by atoms with Crippen molar-refractivity contribution < 1.29 is 23.8 Å². The van der Waals surface area contributed by atoms with E-state index in [9.17, 15) is 14.3 Å². The van der Waals surface area contributed by atoms with E-state index in [0.29, 0.717) is 13.1 Å². The van der Waals surface area contributed by atoms with Crippen molar-refractivity contribution in [3.63, 3.8) is 0 Å². The highest BCUT2D eigenvalue weighted by molar-refractivity contribution is 5.81. The molecule has 1 aliphatic heterocycles. The molecule has 0 spiro atoms. The van der Waals surface area contributed by atoms with Gasteiger partial charge in [-0.2, -0.15) is 5.26 Å². The predicted molar refractivity (Wildman–Crippen MR) is 179 cm³/mol. The molecular formula is C38H35FN6O4. The molecule has 2 unspecified atom stereocenters. The number of imidazole rings is 2. The monoisotopic (exact) mass is 658 g/mol. The van der Waals surface area contributed by atoms with Crippen LogP contribution < -0.4 is 9.47 Å². The van der Waals surface area contributed by atoms with Crippen molar-refractivity contribution in [3.8, 4) is 29.4 Å². The van der Waals surface area contributed by atoms with Crippen molar-refractivity contribution in [1.82, 2.24) is 24.0 Å². The Morgan fingerprint density at radius 3 is 2.69 bits per heavy atom. The lowest BCUT2D eigenvalue weighted by molar-refractivity contribution is -0.140. The zero-order chi connectivity index (χ0) is 33.9. The standard InChI is InChI=1S/C38H35FN6O4/c1-2-44-24-41-20-28(44)21-45-35-18-27(31-8-9-32(31)38(46)47)7-10-34(35)42-37(45)22-43-14-12-29(13-15-43)49-30-5-3-4-26(16-30)23-48-36-11-6-25(19-40)17-33(36)39/h3-7,10-11,16-18,20,24,29,31-32H,2,12-15,21-23H2,1H3,(H,46,47). The lowest BCUT2D eigenvalue weighted by atomic mass is 9.80. The Balaban J connectivity index is 1.02. The Bertz CT molecular complexity index is 2110. The Morgan fingerprint density at radius 2 is 1.96 bits per heavy atom. The molecule has 49 heavy (non-hydrogen) atoms. The van der Waals surface area contributed by atoms with Crippen LogP contribution in [0.1, 0.15) is 53.9 Å². The number of nitriles is 1. The van der Waals surface area contributed by atoms with Crippen LogP contribution in [-0.2, 0) is 31.0 Å². The molecule has 0 bridgehead atoms. The van der Waals surface area contributed by atoms with E-state index in [1.54, 1.807) is 0 Å². The Kier molecular flexibility index (Phi) is 9.01. The van der Waals surface area contributed by atoms with Gasteiger partial charge in [0.05, 0.1) is 53.7 Å². The minimum Gasteiger partial charge on any atom is -0.490 e. The van der Waals surface area contributed by atoms with Gasteiger partial charge in [-0.3, -0.25) is 9.69 Å². The highest BCUT2D eigenvalue weighted by Crippen LogP contribution is 2.33. The van der Waals surface area contributed by atoms with E-state index in [-0.39, 0.29) is 29.9 Å². The molecule has 11 heteroatoms. The largest absolute Gasteiger partial charge is 0.490 e. The number of piperidine rings is 1. The maximum atomic E-state index is 14.3. The lowest BCUT2D eigenvalue weighted by Crippen LogP contribution is -2.38. The molecule has 248 valence electrons. The topological polar surface area (TPSA) is 118 Å². The van der Waals surface area contributed by atoms with Crippen LogP contribution in [0.15, 0.2) is 73.2 Å². The maximum absolute atomic E-state index is 14.3. The van der Waals surface area contributed by atoms with Gasteiger partial charge in [0.2, 0.25) is 0 Å². The second-order valence-electron chi connectivity index (χ2n) is 12.4. The van der Waals surface area contributed by atoms with Gasteiger partial charge < -0.3 is 23.7 Å². The van der Waals surface area contributed by atoms with E-state index in [4.69, 9.17) is 19.7 Å². The van der Waals surface area contributed by atoms with Gasteiger partial charge in [0, 0.05) is 25.8 Å². The van der Waals surface area contributed by atoms with Gasteiger partial charge in [-0.15, -0.1) is 0 Å². The summed E-state index contributed by atoms with van der Waals surface area (Å²) in [5.74, 6) is 5.12. The zero-order valence-electron chi connectivity index (χ0n) is 27.1. The number of hydrogen-bond acceptors (Lipinski definition) is 7. The summed E-state index contributed by atoms with van der Waals surface area (Å²) >= 11 is 0. The van der Waals surface area contributed by atoms with Gasteiger partial charge in [0.1, 0.15) is 30.2 Å². The highest BCUT2D eigenvalue weighted by Gasteiger charge is 2.32. The third-order valence-corrected chi connectivity index (χ3v) is 9.22. The smallest absolute Gasteiger partial charge is 0.320 e. The van der Waals surface area contributed by atoms with Crippen molar-refractivity contribution in [2.75, 3.05) is 13.1 Å². The zero-order valence-corrected chi connectivity index (χ0v) is 27.1. The van der Waals surface area contributed by atoms with Gasteiger partial charge in [-0.1, -0.05) is 30.0 Å². The van der Waals surface area contributed by atoms with Crippen LogP contribution in [0.3, 0.4) is 0 Å². The first kappa shape index (κ1) is 31.9. The number of ether oxygens (including phenoxy) is 2. The molecule has 2 aliphatic rings. The van der Waals surface area contributed by atoms with Gasteiger partial charge in [-0.05, 0) is 73.4 Å². The fourth-order valence-electron chi connectivity index (χ4n) is 6.47.